The lowest BCUT2D eigenvalue weighted by Crippen LogP contribution is -2.21. The van der Waals surface area contributed by atoms with Gasteiger partial charge < -0.3 is 10.1 Å². The summed E-state index contributed by atoms with van der Waals surface area (Å²) in [7, 11) is 0. The Morgan fingerprint density at radius 1 is 1.29 bits per heavy atom. The molecule has 5 heteroatoms. The molecule has 0 amide bonds. The van der Waals surface area contributed by atoms with Crippen molar-refractivity contribution >= 4 is 5.97 Å². The van der Waals surface area contributed by atoms with Crippen molar-refractivity contribution in [2.75, 3.05) is 0 Å². The van der Waals surface area contributed by atoms with E-state index < -0.39 is 11.5 Å². The van der Waals surface area contributed by atoms with Gasteiger partial charge in [-0.25, -0.2) is 9.78 Å². The van der Waals surface area contributed by atoms with Crippen molar-refractivity contribution in [3.05, 3.63) is 27.9 Å². The van der Waals surface area contributed by atoms with Crippen LogP contribution in [0.2, 0.25) is 0 Å². The van der Waals surface area contributed by atoms with E-state index in [1.165, 1.54) is 19.0 Å². The van der Waals surface area contributed by atoms with Crippen LogP contribution < -0.4 is 5.56 Å². The molecule has 0 atom stereocenters. The fourth-order valence-electron chi connectivity index (χ4n) is 2.32. The van der Waals surface area contributed by atoms with Gasteiger partial charge in [0.15, 0.2) is 0 Å². The van der Waals surface area contributed by atoms with E-state index in [-0.39, 0.29) is 11.5 Å². The van der Waals surface area contributed by atoms with Crippen molar-refractivity contribution in [1.82, 2.24) is 9.97 Å². The van der Waals surface area contributed by atoms with Crippen LogP contribution in [0.1, 0.15) is 60.6 Å². The smallest absolute Gasteiger partial charge is 0.342 e. The van der Waals surface area contributed by atoms with E-state index in [1.807, 2.05) is 0 Å². The third-order valence-electron chi connectivity index (χ3n) is 3.29. The molecule has 2 N–H and O–H groups in total. The minimum atomic E-state index is -1.23. The van der Waals surface area contributed by atoms with Crippen molar-refractivity contribution in [2.24, 2.45) is 0 Å². The van der Waals surface area contributed by atoms with Gasteiger partial charge in [0.05, 0.1) is 0 Å². The molecule has 0 saturated heterocycles. The number of nitrogens with one attached hydrogen (secondary N) is 1. The van der Waals surface area contributed by atoms with Crippen LogP contribution in [0.3, 0.4) is 0 Å². The summed E-state index contributed by atoms with van der Waals surface area (Å²) in [6.45, 7) is 0. The second kappa shape index (κ2) is 5.12. The number of rotatable bonds is 2. The van der Waals surface area contributed by atoms with Gasteiger partial charge in [0.2, 0.25) is 0 Å². The number of carbonyl (C=O) groups is 1. The summed E-state index contributed by atoms with van der Waals surface area (Å²) in [5.74, 6) is -0.318. The van der Waals surface area contributed by atoms with Crippen molar-refractivity contribution in [3.8, 4) is 0 Å². The second-order valence-corrected chi connectivity index (χ2v) is 4.50. The molecule has 0 aliphatic heterocycles. The fourth-order valence-corrected chi connectivity index (χ4v) is 2.32. The molecule has 0 bridgehead atoms. The Hall–Kier alpha value is -1.65. The van der Waals surface area contributed by atoms with Crippen molar-refractivity contribution in [1.29, 1.82) is 0 Å². The SMILES string of the molecule is O=C(O)c1cnc(C2CCCCCC2)[nH]c1=O. The van der Waals surface area contributed by atoms with Crippen molar-refractivity contribution < 1.29 is 9.90 Å². The molecule has 92 valence electrons. The van der Waals surface area contributed by atoms with Crippen molar-refractivity contribution in [2.45, 2.75) is 44.4 Å². The van der Waals surface area contributed by atoms with E-state index in [9.17, 15) is 9.59 Å². The second-order valence-electron chi connectivity index (χ2n) is 4.50. The van der Waals surface area contributed by atoms with E-state index >= 15 is 0 Å². The largest absolute Gasteiger partial charge is 0.477 e. The van der Waals surface area contributed by atoms with Crippen LogP contribution in [-0.4, -0.2) is 21.0 Å². The quantitative estimate of drug-likeness (QED) is 0.768. The molecule has 0 aromatic carbocycles. The number of aromatic amines is 1. The predicted molar refractivity (Wildman–Crippen MR) is 62.3 cm³/mol. The molecule has 2 rings (SSSR count). The van der Waals surface area contributed by atoms with Gasteiger partial charge in [-0.3, -0.25) is 4.79 Å². The highest BCUT2D eigenvalue weighted by Crippen LogP contribution is 2.28. The number of H-pyrrole nitrogens is 1. The Morgan fingerprint density at radius 3 is 2.47 bits per heavy atom. The minimum Gasteiger partial charge on any atom is -0.477 e. The average Bonchev–Trinajstić information content (AvgIpc) is 2.56. The van der Waals surface area contributed by atoms with Crippen LogP contribution in [0.4, 0.5) is 0 Å². The maximum Gasteiger partial charge on any atom is 0.342 e. The van der Waals surface area contributed by atoms with Crippen LogP contribution in [-0.2, 0) is 0 Å². The highest BCUT2D eigenvalue weighted by molar-refractivity contribution is 5.86. The lowest BCUT2D eigenvalue weighted by molar-refractivity contribution is 0.0694. The van der Waals surface area contributed by atoms with Gasteiger partial charge in [0.1, 0.15) is 11.4 Å². The Bertz CT molecular complexity index is 459. The molecule has 1 aromatic heterocycles. The summed E-state index contributed by atoms with van der Waals surface area (Å²) in [5.41, 5.74) is -0.839. The first-order valence-electron chi connectivity index (χ1n) is 6.01. The molecular weight excluding hydrogens is 220 g/mol. The number of hydrogen-bond acceptors (Lipinski definition) is 3. The first-order valence-corrected chi connectivity index (χ1v) is 6.01. The summed E-state index contributed by atoms with van der Waals surface area (Å²) >= 11 is 0. The van der Waals surface area contributed by atoms with E-state index in [1.54, 1.807) is 0 Å². The Balaban J connectivity index is 2.24. The van der Waals surface area contributed by atoms with Crippen LogP contribution in [0.5, 0.6) is 0 Å². The zero-order chi connectivity index (χ0) is 12.3. The minimum absolute atomic E-state index is 0.271. The topological polar surface area (TPSA) is 83.0 Å². The lowest BCUT2D eigenvalue weighted by Gasteiger charge is -2.12. The maximum absolute atomic E-state index is 11.5. The van der Waals surface area contributed by atoms with Gasteiger partial charge in [0.25, 0.3) is 5.56 Å². The normalized spacial score (nSPS) is 17.6. The van der Waals surface area contributed by atoms with Gasteiger partial charge >= 0.3 is 5.97 Å². The number of aromatic carboxylic acids is 1. The Kier molecular flexibility index (Phi) is 3.56. The van der Waals surface area contributed by atoms with Gasteiger partial charge in [-0.05, 0) is 12.8 Å². The summed E-state index contributed by atoms with van der Waals surface area (Å²) in [6.07, 6.45) is 7.97. The molecule has 1 saturated carbocycles. The monoisotopic (exact) mass is 236 g/mol. The summed E-state index contributed by atoms with van der Waals surface area (Å²) in [5, 5.41) is 8.75. The van der Waals surface area contributed by atoms with Crippen LogP contribution in [0.25, 0.3) is 0 Å². The number of nitrogens with zero attached hydrogens (tertiary/aromatic N) is 1. The zero-order valence-corrected chi connectivity index (χ0v) is 9.61. The molecule has 1 aromatic rings. The third-order valence-corrected chi connectivity index (χ3v) is 3.29. The standard InChI is InChI=1S/C12H16N2O3/c15-11-9(12(16)17)7-13-10(14-11)8-5-3-1-2-4-6-8/h7-8H,1-6H2,(H,16,17)(H,13,14,15). The van der Waals surface area contributed by atoms with Gasteiger partial charge in [-0.15, -0.1) is 0 Å². The predicted octanol–water partition coefficient (Wildman–Crippen LogP) is 1.91. The fraction of sp³-hybridized carbons (Fsp3) is 0.583. The first-order chi connectivity index (χ1) is 8.18. The van der Waals surface area contributed by atoms with Crippen LogP contribution in [0, 0.1) is 0 Å². The van der Waals surface area contributed by atoms with E-state index in [0.717, 1.165) is 25.7 Å². The highest BCUT2D eigenvalue weighted by atomic mass is 16.4. The Labute approximate surface area is 98.9 Å². The number of carboxylic acid groups (broad SMARTS) is 1. The molecule has 0 unspecified atom stereocenters. The molecule has 1 fully saturated rings. The first kappa shape index (κ1) is 11.8. The number of hydrogen-bond donors (Lipinski definition) is 2. The molecule has 5 nitrogen and oxygen atoms in total. The summed E-state index contributed by atoms with van der Waals surface area (Å²) in [6, 6.07) is 0. The molecule has 0 radical (unpaired) electrons. The number of aromatic nitrogens is 2. The van der Waals surface area contributed by atoms with E-state index in [0.29, 0.717) is 5.82 Å². The van der Waals surface area contributed by atoms with Crippen LogP contribution in [0.15, 0.2) is 11.0 Å². The molecule has 0 spiro atoms. The summed E-state index contributed by atoms with van der Waals surface area (Å²) in [4.78, 5) is 28.9. The molecule has 1 aliphatic carbocycles. The molecule has 1 heterocycles. The summed E-state index contributed by atoms with van der Waals surface area (Å²) < 4.78 is 0. The number of carboxylic acids is 1. The molecule has 17 heavy (non-hydrogen) atoms. The average molecular weight is 236 g/mol. The van der Waals surface area contributed by atoms with Gasteiger partial charge in [-0.2, -0.15) is 0 Å². The highest BCUT2D eigenvalue weighted by Gasteiger charge is 2.18. The van der Waals surface area contributed by atoms with E-state index in [2.05, 4.69) is 9.97 Å². The van der Waals surface area contributed by atoms with Gasteiger partial charge in [0, 0.05) is 12.1 Å². The zero-order valence-electron chi connectivity index (χ0n) is 9.61. The third kappa shape index (κ3) is 2.72. The van der Waals surface area contributed by atoms with E-state index in [4.69, 9.17) is 5.11 Å². The van der Waals surface area contributed by atoms with Crippen LogP contribution >= 0.6 is 0 Å². The van der Waals surface area contributed by atoms with Gasteiger partial charge in [-0.1, -0.05) is 25.7 Å². The lowest BCUT2D eigenvalue weighted by atomic mass is 9.99. The maximum atomic E-state index is 11.5. The van der Waals surface area contributed by atoms with Crippen molar-refractivity contribution in [3.63, 3.8) is 0 Å². The molecular formula is C12H16N2O3. The Morgan fingerprint density at radius 2 is 1.94 bits per heavy atom. The molecule has 1 aliphatic rings.